The number of rotatable bonds is 7. The minimum Gasteiger partial charge on any atom is -0.412 e. The fourth-order valence-electron chi connectivity index (χ4n) is 6.24. The van der Waals surface area contributed by atoms with Gasteiger partial charge in [0.15, 0.2) is 0 Å². The first-order valence-electron chi connectivity index (χ1n) is 18.8. The van der Waals surface area contributed by atoms with E-state index in [1.807, 2.05) is 86.5 Å². The van der Waals surface area contributed by atoms with Crippen LogP contribution < -0.4 is 10.2 Å². The molecule has 5 aromatic carbocycles. The Morgan fingerprint density at radius 1 is 0.704 bits per heavy atom. The number of hydrogen-bond acceptors (Lipinski definition) is 4. The summed E-state index contributed by atoms with van der Waals surface area (Å²) in [6.07, 6.45) is 21.6. The van der Waals surface area contributed by atoms with Gasteiger partial charge in [0.05, 0.1) is 24.3 Å². The van der Waals surface area contributed by atoms with Gasteiger partial charge in [-0.3, -0.25) is 4.99 Å². The van der Waals surface area contributed by atoms with Crippen LogP contribution in [0.25, 0.3) is 11.1 Å². The Morgan fingerprint density at radius 3 is 2.00 bits per heavy atom. The van der Waals surface area contributed by atoms with Gasteiger partial charge >= 0.3 is 0 Å². The fourth-order valence-corrected chi connectivity index (χ4v) is 7.26. The first kappa shape index (κ1) is 41.4. The highest BCUT2D eigenvalue weighted by molar-refractivity contribution is 7.99. The number of allylic oxidation sites excluding steroid dienone is 6. The van der Waals surface area contributed by atoms with Gasteiger partial charge in [-0.05, 0) is 74.1 Å². The van der Waals surface area contributed by atoms with E-state index in [0.717, 1.165) is 42.2 Å². The molecule has 278 valence electrons. The van der Waals surface area contributed by atoms with Gasteiger partial charge in [0, 0.05) is 21.9 Å². The largest absolute Gasteiger partial charge is 0.412 e. The zero-order chi connectivity index (χ0) is 37.1. The lowest BCUT2D eigenvalue weighted by Gasteiger charge is -2.27. The molecule has 1 heterocycles. The number of aliphatic imine (C=N–C) groups is 1. The van der Waals surface area contributed by atoms with Crippen LogP contribution in [0.4, 0.5) is 17.1 Å². The number of hydrogen-bond donors (Lipinski definition) is 1. The minimum atomic E-state index is -0.154. The van der Waals surface area contributed by atoms with E-state index in [2.05, 4.69) is 152 Å². The van der Waals surface area contributed by atoms with Crippen molar-refractivity contribution in [1.29, 1.82) is 0 Å². The van der Waals surface area contributed by atoms with Crippen LogP contribution >= 0.6 is 11.8 Å². The molecule has 1 spiro atoms. The lowest BCUT2D eigenvalue weighted by molar-refractivity contribution is 0.574. The predicted octanol–water partition coefficient (Wildman–Crippen LogP) is 12.6. The molecule has 2 atom stereocenters. The quantitative estimate of drug-likeness (QED) is 0.169. The molecule has 5 heteroatoms. The molecule has 0 bridgehead atoms. The second kappa shape index (κ2) is 22.0. The average molecular weight is 734 g/mol. The van der Waals surface area contributed by atoms with E-state index in [1.54, 1.807) is 0 Å². The topological polar surface area (TPSA) is 59.1 Å². The second-order valence-corrected chi connectivity index (χ2v) is 14.2. The molecule has 0 radical (unpaired) electrons. The maximum atomic E-state index is 4.90. The van der Waals surface area contributed by atoms with Crippen LogP contribution in [0.3, 0.4) is 0 Å². The summed E-state index contributed by atoms with van der Waals surface area (Å²) in [5.74, 6) is 1.70. The number of anilines is 3. The molecule has 2 aliphatic carbocycles. The van der Waals surface area contributed by atoms with Gasteiger partial charge < -0.3 is 15.7 Å². The molecule has 5 aromatic rings. The number of nitrogens with zero attached hydrogens (tertiary/aromatic N) is 2. The summed E-state index contributed by atoms with van der Waals surface area (Å²) in [5, 5.41) is 3.78. The molecule has 0 amide bonds. The molecule has 4 nitrogen and oxygen atoms in total. The number of thioether (sulfide) groups is 1. The highest BCUT2D eigenvalue weighted by atomic mass is 32.2. The molecule has 3 aliphatic rings. The van der Waals surface area contributed by atoms with Gasteiger partial charge in [-0.2, -0.15) is 0 Å². The first-order valence-corrected chi connectivity index (χ1v) is 19.8. The van der Waals surface area contributed by atoms with Crippen LogP contribution in [0.1, 0.15) is 37.8 Å². The molecule has 3 N–H and O–H groups in total. The lowest BCUT2D eigenvalue weighted by atomic mass is 9.92. The van der Waals surface area contributed by atoms with Crippen molar-refractivity contribution in [1.82, 2.24) is 0 Å². The molecule has 0 aromatic heterocycles. The van der Waals surface area contributed by atoms with Crippen LogP contribution in [0.5, 0.6) is 0 Å². The van der Waals surface area contributed by atoms with Crippen molar-refractivity contribution < 1.29 is 5.48 Å². The Labute approximate surface area is 328 Å². The van der Waals surface area contributed by atoms with E-state index >= 15 is 0 Å². The molecule has 0 saturated heterocycles. The van der Waals surface area contributed by atoms with Crippen molar-refractivity contribution in [3.8, 4) is 11.1 Å². The fraction of sp³-hybridized carbons (Fsp3) is 0.204. The third kappa shape index (κ3) is 12.1. The zero-order valence-corrected chi connectivity index (χ0v) is 32.9. The average Bonchev–Trinajstić information content (AvgIpc) is 3.63. The van der Waals surface area contributed by atoms with E-state index in [-0.39, 0.29) is 11.0 Å². The summed E-state index contributed by atoms with van der Waals surface area (Å²) >= 11 is 1.95. The summed E-state index contributed by atoms with van der Waals surface area (Å²) < 4.78 is 0. The molecular formula is C49H55N3OS. The summed E-state index contributed by atoms with van der Waals surface area (Å²) in [4.78, 5) is 8.48. The van der Waals surface area contributed by atoms with Gasteiger partial charge in [-0.25, -0.2) is 0 Å². The monoisotopic (exact) mass is 733 g/mol. The third-order valence-electron chi connectivity index (χ3n) is 9.07. The van der Waals surface area contributed by atoms with Crippen molar-refractivity contribution in [2.75, 3.05) is 22.5 Å². The standard InChI is InChI=1S/C34H33N3S.C7H8.C6H6.C2H6.H2O/c1-26-18-19-28(38-23-27-12-4-2-5-13-27)22-30(26)29-14-6-7-15-31(29)36-32-16-8-9-17-33(32)37-24-34(35-25-37)20-10-3-11-21-34;1-7-5-3-2-4-6-7;1-2-4-6-5-3-1;1-2;/h2-12,14-20,22,25,27,36H,13,21,23-24H2,1H3;2-6H,1H3;1-6H;1-2H3;1H2. The van der Waals surface area contributed by atoms with Gasteiger partial charge in [-0.1, -0.05) is 171 Å². The van der Waals surface area contributed by atoms with Gasteiger partial charge in [0.2, 0.25) is 0 Å². The number of para-hydroxylation sites is 3. The Kier molecular flexibility index (Phi) is 16.9. The summed E-state index contributed by atoms with van der Waals surface area (Å²) in [5.41, 5.74) is 8.27. The number of nitrogens with one attached hydrogen (secondary N) is 1. The summed E-state index contributed by atoms with van der Waals surface area (Å²) in [7, 11) is 0. The van der Waals surface area contributed by atoms with Gasteiger partial charge in [0.25, 0.3) is 0 Å². The Morgan fingerprint density at radius 2 is 1.35 bits per heavy atom. The van der Waals surface area contributed by atoms with Crippen molar-refractivity contribution in [2.45, 2.75) is 51.0 Å². The number of benzene rings is 5. The smallest absolute Gasteiger partial charge is 0.102 e. The van der Waals surface area contributed by atoms with Crippen LogP contribution in [0, 0.1) is 19.8 Å². The van der Waals surface area contributed by atoms with Crippen LogP contribution in [-0.2, 0) is 0 Å². The van der Waals surface area contributed by atoms with Crippen molar-refractivity contribution >= 4 is 35.2 Å². The molecule has 1 aliphatic heterocycles. The molecule has 8 rings (SSSR count). The van der Waals surface area contributed by atoms with E-state index in [9.17, 15) is 0 Å². The summed E-state index contributed by atoms with van der Waals surface area (Å²) in [6, 6.07) is 46.3. The van der Waals surface area contributed by atoms with Crippen molar-refractivity contribution in [3.05, 3.63) is 193 Å². The first-order chi connectivity index (χ1) is 26.1. The molecule has 0 saturated carbocycles. The highest BCUT2D eigenvalue weighted by Crippen LogP contribution is 2.39. The zero-order valence-electron chi connectivity index (χ0n) is 32.1. The maximum absolute atomic E-state index is 4.90. The molecule has 0 fully saturated rings. The third-order valence-corrected chi connectivity index (χ3v) is 10.3. The second-order valence-electron chi connectivity index (χ2n) is 13.1. The van der Waals surface area contributed by atoms with Crippen molar-refractivity contribution in [3.63, 3.8) is 0 Å². The lowest BCUT2D eigenvalue weighted by Crippen LogP contribution is -2.33. The normalized spacial score (nSPS) is 17.3. The van der Waals surface area contributed by atoms with Gasteiger partial charge in [0.1, 0.15) is 5.54 Å². The van der Waals surface area contributed by atoms with Crippen LogP contribution in [0.2, 0.25) is 0 Å². The van der Waals surface area contributed by atoms with Crippen molar-refractivity contribution in [2.24, 2.45) is 10.9 Å². The maximum Gasteiger partial charge on any atom is 0.102 e. The van der Waals surface area contributed by atoms with E-state index in [1.165, 1.54) is 27.1 Å². The molecule has 2 unspecified atom stereocenters. The number of aryl methyl sites for hydroxylation is 2. The Hall–Kier alpha value is -5.36. The van der Waals surface area contributed by atoms with Crippen LogP contribution in [-0.4, -0.2) is 29.7 Å². The predicted molar refractivity (Wildman–Crippen MR) is 237 cm³/mol. The molecular weight excluding hydrogens is 679 g/mol. The van der Waals surface area contributed by atoms with E-state index in [4.69, 9.17) is 4.99 Å². The van der Waals surface area contributed by atoms with E-state index in [0.29, 0.717) is 5.92 Å². The Bertz CT molecular complexity index is 1970. The van der Waals surface area contributed by atoms with Crippen LogP contribution in [0.15, 0.2) is 192 Å². The summed E-state index contributed by atoms with van der Waals surface area (Å²) in [6.45, 7) is 9.13. The van der Waals surface area contributed by atoms with E-state index < -0.39 is 0 Å². The molecule has 54 heavy (non-hydrogen) atoms. The highest BCUT2D eigenvalue weighted by Gasteiger charge is 2.33. The SMILES string of the molecule is CC.Cc1ccc(SCC2C=CC=CC2)cc1-c1ccccc1Nc1ccccc1N1C=NC2(C=CC=CC2)C1.Cc1ccccc1.O.c1ccccc1. The van der Waals surface area contributed by atoms with Gasteiger partial charge in [-0.15, -0.1) is 11.8 Å². The Balaban J connectivity index is 0.000000340. The minimum absolute atomic E-state index is 0.